The number of aliphatic hydroxyl groups is 2. The van der Waals surface area contributed by atoms with E-state index in [4.69, 9.17) is 40.1 Å². The lowest BCUT2D eigenvalue weighted by molar-refractivity contribution is -0.148. The van der Waals surface area contributed by atoms with Crippen molar-refractivity contribution in [2.75, 3.05) is 45.9 Å². The van der Waals surface area contributed by atoms with Crippen molar-refractivity contribution in [1.82, 2.24) is 46.6 Å². The molecule has 1 saturated carbocycles. The van der Waals surface area contributed by atoms with Crippen LogP contribution in [0.5, 0.6) is 0 Å². The van der Waals surface area contributed by atoms with Crippen LogP contribution in [-0.4, -0.2) is 219 Å². The first-order valence-corrected chi connectivity index (χ1v) is 33.2. The lowest BCUT2D eigenvalue weighted by atomic mass is 9.84. The van der Waals surface area contributed by atoms with Crippen molar-refractivity contribution >= 4 is 77.0 Å². The van der Waals surface area contributed by atoms with E-state index >= 15 is 4.79 Å². The third-order valence-corrected chi connectivity index (χ3v) is 19.3. The van der Waals surface area contributed by atoms with Crippen LogP contribution in [0.4, 0.5) is 0 Å². The van der Waals surface area contributed by atoms with Gasteiger partial charge >= 0.3 is 5.97 Å². The van der Waals surface area contributed by atoms with Gasteiger partial charge in [-0.05, 0) is 136 Å². The number of amides is 9. The number of carboxylic acid groups (broad SMARTS) is 1. The zero-order valence-electron chi connectivity index (χ0n) is 54.0. The molecule has 3 heterocycles. The molecule has 23 N–H and O–H groups in total. The maximum absolute atomic E-state index is 15.1. The Labute approximate surface area is 556 Å². The van der Waals surface area contributed by atoms with E-state index in [0.29, 0.717) is 51.4 Å². The Balaban J connectivity index is 0.945. The van der Waals surface area contributed by atoms with E-state index in [9.17, 15) is 58.5 Å². The lowest BCUT2D eigenvalue weighted by Crippen LogP contribution is -2.62. The van der Waals surface area contributed by atoms with Crippen molar-refractivity contribution in [1.29, 1.82) is 0 Å². The van der Waals surface area contributed by atoms with Gasteiger partial charge in [0.2, 0.25) is 53.2 Å². The summed E-state index contributed by atoms with van der Waals surface area (Å²) in [7, 11) is 0. The Morgan fingerprint density at radius 2 is 1.06 bits per heavy atom. The van der Waals surface area contributed by atoms with Crippen LogP contribution in [0.2, 0.25) is 0 Å². The lowest BCUT2D eigenvalue weighted by Gasteiger charge is -2.36. The molecule has 2 aromatic carbocycles. The highest BCUT2D eigenvalue weighted by Gasteiger charge is 2.51. The Bertz CT molecular complexity index is 3200. The number of aliphatic carboxylic acids is 1. The Morgan fingerprint density at radius 3 is 1.60 bits per heavy atom. The van der Waals surface area contributed by atoms with Crippen molar-refractivity contribution in [2.45, 2.75) is 182 Å². The molecular weight excluding hydrogens is 1240 g/mol. The molecule has 1 unspecified atom stereocenters. The summed E-state index contributed by atoms with van der Waals surface area (Å²) in [6, 6.07) is 3.21. The molecule has 8 rings (SSSR count). The second-order valence-electron chi connectivity index (χ2n) is 26.0. The summed E-state index contributed by atoms with van der Waals surface area (Å²) >= 11 is 0. The van der Waals surface area contributed by atoms with Gasteiger partial charge in [-0.15, -0.1) is 0 Å². The van der Waals surface area contributed by atoms with Gasteiger partial charge in [-0.25, -0.2) is 4.79 Å². The topological polar surface area (TPSA) is 533 Å². The van der Waals surface area contributed by atoms with Crippen LogP contribution in [-0.2, 0) is 73.6 Å². The number of nitrogens with zero attached hydrogens (tertiary/aromatic N) is 6. The zero-order valence-corrected chi connectivity index (χ0v) is 54.0. The van der Waals surface area contributed by atoms with Crippen LogP contribution in [0, 0.1) is 17.8 Å². The average molecular weight is 1340 g/mol. The maximum Gasteiger partial charge on any atom is 0.326 e. The number of aliphatic imine (C=N–C) groups is 3. The Kier molecular flexibility index (Phi) is 25.7. The van der Waals surface area contributed by atoms with Crippen molar-refractivity contribution in [3.63, 3.8) is 0 Å². The molecular formula is C64H95N19O13. The number of carbonyl (C=O) groups excluding carboxylic acids is 9. The molecule has 0 bridgehead atoms. The van der Waals surface area contributed by atoms with Gasteiger partial charge in [0.1, 0.15) is 48.3 Å². The maximum atomic E-state index is 15.1. The number of nitrogens with one attached hydrogen (secondary N) is 6. The number of aliphatic hydroxyl groups excluding tert-OH is 2. The molecule has 12 atom stereocenters. The molecule has 3 aliphatic heterocycles. The molecule has 3 saturated heterocycles. The molecule has 0 aromatic heterocycles. The number of fused-ring (bicyclic) bond motifs is 3. The van der Waals surface area contributed by atoms with Crippen LogP contribution in [0.3, 0.4) is 0 Å². The van der Waals surface area contributed by atoms with Crippen LogP contribution in [0.1, 0.15) is 112 Å². The molecule has 2 aromatic rings. The highest BCUT2D eigenvalue weighted by molar-refractivity contribution is 5.99. The van der Waals surface area contributed by atoms with Crippen molar-refractivity contribution < 1.29 is 63.3 Å². The minimum absolute atomic E-state index is 0.0229. The van der Waals surface area contributed by atoms with Crippen LogP contribution in [0.25, 0.3) is 0 Å². The van der Waals surface area contributed by atoms with Gasteiger partial charge in [-0.1, -0.05) is 61.4 Å². The Hall–Kier alpha value is -9.17. The first-order chi connectivity index (χ1) is 45.9. The molecule has 9 amide bonds. The summed E-state index contributed by atoms with van der Waals surface area (Å²) in [6.45, 7) is -1.30. The van der Waals surface area contributed by atoms with Gasteiger partial charge in [0.25, 0.3) is 0 Å². The molecule has 96 heavy (non-hydrogen) atoms. The fourth-order valence-corrected chi connectivity index (χ4v) is 14.5. The van der Waals surface area contributed by atoms with Gasteiger partial charge in [0.15, 0.2) is 17.9 Å². The number of β-amino-alcohol motifs (C(OH)–C–C–N with tert-alkyl or cyclic N) is 1. The predicted molar refractivity (Wildman–Crippen MR) is 352 cm³/mol. The number of nitrogens with two attached hydrogens (primary N) is 7. The van der Waals surface area contributed by atoms with E-state index < -0.39 is 151 Å². The number of likely N-dealkylation sites (tertiary alicyclic amines) is 3. The predicted octanol–water partition coefficient (Wildman–Crippen LogP) is -4.97. The molecule has 4 fully saturated rings. The molecule has 32 heteroatoms. The van der Waals surface area contributed by atoms with Crippen LogP contribution < -0.4 is 72.0 Å². The first-order valence-electron chi connectivity index (χ1n) is 33.2. The number of carbonyl (C=O) groups is 10. The standard InChI is InChI=1S/C64H95N19O13/c65-42(16-7-21-72-62(66)67)53(87)76-43(17-8-22-73-63(68)69)58(92)81-24-10-20-47(81)60(94)82-32-41(85)30-48(82)54(88)75-31-50(86)79-51(39-25-34-11-1-2-12-35(34)26-39)56(90)78-45(33-84)59(93)83-46-19-6-5-15-38(46)29-49(83)55(89)80-52(40-27-36-13-3-4-14-37(36)28-40)57(91)77-44(61(95)96)18-9-23-74-64(70)71/h1-4,11-14,38-49,51-52,84-85H,5-10,15-33,65H2,(H,75,88)(H,76,87)(H,77,91)(H,78,90)(H,79,86)(H,80,89)(H,95,96)(H4,66,67,72)(H4,68,69,73)(H4,70,71,74)/t38-,41?,42+,43-,44-,45-,46-,47-,48-,49-,51-,52-/m0/s1. The number of rotatable bonds is 31. The van der Waals surface area contributed by atoms with E-state index in [2.05, 4.69) is 46.9 Å². The molecule has 6 aliphatic rings. The number of hydrogen-bond donors (Lipinski definition) is 16. The van der Waals surface area contributed by atoms with Gasteiger partial charge in [0, 0.05) is 45.2 Å². The quantitative estimate of drug-likeness (QED) is 0.0191. The smallest absolute Gasteiger partial charge is 0.326 e. The van der Waals surface area contributed by atoms with E-state index in [1.54, 1.807) is 0 Å². The number of benzene rings is 2. The number of carboxylic acids is 1. The largest absolute Gasteiger partial charge is 0.480 e. The fourth-order valence-electron chi connectivity index (χ4n) is 14.5. The van der Waals surface area contributed by atoms with Crippen molar-refractivity contribution in [2.24, 2.45) is 72.9 Å². The second-order valence-corrected chi connectivity index (χ2v) is 26.0. The highest BCUT2D eigenvalue weighted by Crippen LogP contribution is 2.41. The van der Waals surface area contributed by atoms with Crippen molar-refractivity contribution in [3.05, 3.63) is 70.8 Å². The minimum atomic E-state index is -1.63. The summed E-state index contributed by atoms with van der Waals surface area (Å²) in [4.78, 5) is 158. The molecule has 3 aliphatic carbocycles. The van der Waals surface area contributed by atoms with E-state index in [0.717, 1.165) is 40.0 Å². The third-order valence-electron chi connectivity index (χ3n) is 19.3. The zero-order chi connectivity index (χ0) is 69.3. The summed E-state index contributed by atoms with van der Waals surface area (Å²) in [5.41, 5.74) is 42.7. The highest BCUT2D eigenvalue weighted by atomic mass is 16.4. The average Bonchev–Trinajstić information content (AvgIpc) is 1.63. The fraction of sp³-hybridized carbons (Fsp3) is 0.609. The third kappa shape index (κ3) is 18.9. The first kappa shape index (κ1) is 72.7. The molecule has 524 valence electrons. The van der Waals surface area contributed by atoms with Gasteiger partial charge in [-0.2, -0.15) is 0 Å². The monoisotopic (exact) mass is 1340 g/mol. The molecule has 0 spiro atoms. The molecule has 0 radical (unpaired) electrons. The van der Waals surface area contributed by atoms with Crippen molar-refractivity contribution in [3.8, 4) is 0 Å². The van der Waals surface area contributed by atoms with Gasteiger partial charge in [-0.3, -0.25) is 58.1 Å². The Morgan fingerprint density at radius 1 is 0.552 bits per heavy atom. The number of hydrogen-bond acceptors (Lipinski definition) is 16. The second kappa shape index (κ2) is 34.0. The van der Waals surface area contributed by atoms with E-state index in [1.807, 2.05) is 48.5 Å². The van der Waals surface area contributed by atoms with Crippen LogP contribution >= 0.6 is 0 Å². The van der Waals surface area contributed by atoms with Crippen LogP contribution in [0.15, 0.2) is 63.5 Å². The minimum Gasteiger partial charge on any atom is -0.480 e. The van der Waals surface area contributed by atoms with Gasteiger partial charge < -0.3 is 102 Å². The number of guanidine groups is 3. The van der Waals surface area contributed by atoms with E-state index in [-0.39, 0.29) is 108 Å². The van der Waals surface area contributed by atoms with E-state index in [1.165, 1.54) is 9.80 Å². The molecule has 32 nitrogen and oxygen atoms in total. The summed E-state index contributed by atoms with van der Waals surface area (Å²) in [5.74, 6) is -9.51. The normalized spacial score (nSPS) is 22.3. The summed E-state index contributed by atoms with van der Waals surface area (Å²) in [5, 5.41) is 48.5. The SMILES string of the molecule is NC(N)=NCCC[C@@H](N)C(=O)N[C@@H](CCCN=C(N)N)C(=O)N1CCC[C@H]1C(=O)N1CC(O)C[C@H]1C(=O)NCC(=O)N[C@H](C(=O)N[C@@H](CO)C(=O)N1[C@H](C(=O)N[C@H](C(=O)N[C@@H](CCCN=C(N)N)C(=O)O)C2Cc3ccccc3C2)C[C@@H]2CCCC[C@@H]21)C1Cc2ccccc2C1. The summed E-state index contributed by atoms with van der Waals surface area (Å²) < 4.78 is 0. The summed E-state index contributed by atoms with van der Waals surface area (Å²) in [6.07, 6.45) is 4.65. The van der Waals surface area contributed by atoms with Gasteiger partial charge in [0.05, 0.1) is 25.3 Å².